The molecular formula is C37H78O9Si. The molecule has 0 atom stereocenters. The Labute approximate surface area is 291 Å². The topological polar surface area (TPSA) is 83.1 Å². The minimum atomic E-state index is -1.69. The van der Waals surface area contributed by atoms with E-state index in [1.54, 1.807) is 0 Å². The van der Waals surface area contributed by atoms with E-state index >= 15 is 0 Å². The standard InChI is InChI=1S/C37H78O9Si/c1-7-8-9-10-11-12-13-14-15-16-17-18-19-20-38-21-22-39-23-24-40-25-26-41-27-28-42-29-30-43-31-32-44-33-34-45-35-36-46-47(5,6)37(2,3)4/h7-36H2,1-6H3. The maximum Gasteiger partial charge on any atom is 0.192 e. The first-order valence-corrected chi connectivity index (χ1v) is 22.0. The van der Waals surface area contributed by atoms with E-state index in [-0.39, 0.29) is 5.04 Å². The fourth-order valence-electron chi connectivity index (χ4n) is 4.44. The molecule has 0 aromatic rings. The average molecular weight is 695 g/mol. The molecule has 0 aliphatic rings. The highest BCUT2D eigenvalue weighted by atomic mass is 28.4. The van der Waals surface area contributed by atoms with Crippen LogP contribution in [0.3, 0.4) is 0 Å². The molecule has 0 rings (SSSR count). The van der Waals surface area contributed by atoms with Crippen LogP contribution < -0.4 is 0 Å². The molecule has 0 aromatic heterocycles. The first-order chi connectivity index (χ1) is 22.8. The lowest BCUT2D eigenvalue weighted by Gasteiger charge is -2.36. The lowest BCUT2D eigenvalue weighted by atomic mass is 10.0. The van der Waals surface area contributed by atoms with Gasteiger partial charge in [0.1, 0.15) is 0 Å². The highest BCUT2D eigenvalue weighted by molar-refractivity contribution is 6.74. The van der Waals surface area contributed by atoms with E-state index in [4.69, 9.17) is 42.3 Å². The number of unbranched alkanes of at least 4 members (excludes halogenated alkanes) is 12. The minimum absolute atomic E-state index is 0.224. The Kier molecular flexibility index (Phi) is 35.6. The van der Waals surface area contributed by atoms with Gasteiger partial charge in [-0.05, 0) is 24.6 Å². The summed E-state index contributed by atoms with van der Waals surface area (Å²) in [6.07, 6.45) is 17.8. The molecule has 0 saturated heterocycles. The molecular weight excluding hydrogens is 616 g/mol. The van der Waals surface area contributed by atoms with Gasteiger partial charge in [0.15, 0.2) is 8.32 Å². The van der Waals surface area contributed by atoms with E-state index in [0.717, 1.165) is 13.0 Å². The van der Waals surface area contributed by atoms with Crippen molar-refractivity contribution in [3.8, 4) is 0 Å². The molecule has 284 valence electrons. The predicted molar refractivity (Wildman–Crippen MR) is 195 cm³/mol. The highest BCUT2D eigenvalue weighted by Gasteiger charge is 2.36. The Morgan fingerprint density at radius 1 is 0.319 bits per heavy atom. The summed E-state index contributed by atoms with van der Waals surface area (Å²) in [6, 6.07) is 0. The Morgan fingerprint density at radius 2 is 0.553 bits per heavy atom. The molecule has 0 amide bonds. The first-order valence-electron chi connectivity index (χ1n) is 19.1. The van der Waals surface area contributed by atoms with E-state index in [9.17, 15) is 0 Å². The third-order valence-electron chi connectivity index (χ3n) is 8.49. The fraction of sp³-hybridized carbons (Fsp3) is 1.00. The van der Waals surface area contributed by atoms with Crippen LogP contribution in [0, 0.1) is 0 Å². The highest BCUT2D eigenvalue weighted by Crippen LogP contribution is 2.36. The third kappa shape index (κ3) is 35.5. The van der Waals surface area contributed by atoms with Crippen LogP contribution in [0.5, 0.6) is 0 Å². The Balaban J connectivity index is 3.11. The maximum atomic E-state index is 6.09. The van der Waals surface area contributed by atoms with E-state index in [1.165, 1.54) is 77.0 Å². The predicted octanol–water partition coefficient (Wildman–Crippen LogP) is 8.23. The van der Waals surface area contributed by atoms with Crippen LogP contribution in [0.15, 0.2) is 0 Å². The Hall–Kier alpha value is -0.143. The van der Waals surface area contributed by atoms with Gasteiger partial charge in [0.05, 0.1) is 106 Å². The molecule has 0 bridgehead atoms. The van der Waals surface area contributed by atoms with Gasteiger partial charge in [0, 0.05) is 6.61 Å². The van der Waals surface area contributed by atoms with Crippen LogP contribution in [0.2, 0.25) is 18.1 Å². The van der Waals surface area contributed by atoms with Crippen molar-refractivity contribution in [3.63, 3.8) is 0 Å². The largest absolute Gasteiger partial charge is 0.414 e. The van der Waals surface area contributed by atoms with Gasteiger partial charge < -0.3 is 42.3 Å². The van der Waals surface area contributed by atoms with Gasteiger partial charge in [-0.15, -0.1) is 0 Å². The van der Waals surface area contributed by atoms with Crippen LogP contribution in [-0.4, -0.2) is 121 Å². The summed E-state index contributed by atoms with van der Waals surface area (Å²) in [5.74, 6) is 0. The van der Waals surface area contributed by atoms with Crippen molar-refractivity contribution in [1.82, 2.24) is 0 Å². The number of ether oxygens (including phenoxy) is 8. The fourth-order valence-corrected chi connectivity index (χ4v) is 5.46. The molecule has 0 unspecified atom stereocenters. The van der Waals surface area contributed by atoms with Gasteiger partial charge in [-0.2, -0.15) is 0 Å². The van der Waals surface area contributed by atoms with Crippen LogP contribution in [0.25, 0.3) is 0 Å². The number of hydrogen-bond acceptors (Lipinski definition) is 9. The first kappa shape index (κ1) is 46.9. The van der Waals surface area contributed by atoms with Gasteiger partial charge in [-0.3, -0.25) is 0 Å². The van der Waals surface area contributed by atoms with E-state index in [1.807, 2.05) is 0 Å². The summed E-state index contributed by atoms with van der Waals surface area (Å²) in [5, 5.41) is 0.224. The van der Waals surface area contributed by atoms with Crippen molar-refractivity contribution in [2.45, 2.75) is 129 Å². The zero-order valence-corrected chi connectivity index (χ0v) is 32.9. The summed E-state index contributed by atoms with van der Waals surface area (Å²) >= 11 is 0. The van der Waals surface area contributed by atoms with Gasteiger partial charge in [0.25, 0.3) is 0 Å². The Morgan fingerprint density at radius 3 is 0.830 bits per heavy atom. The van der Waals surface area contributed by atoms with Crippen LogP contribution in [-0.2, 0) is 42.3 Å². The second kappa shape index (κ2) is 35.7. The molecule has 0 spiro atoms. The lowest BCUT2D eigenvalue weighted by Crippen LogP contribution is -2.41. The molecule has 0 fully saturated rings. The summed E-state index contributed by atoms with van der Waals surface area (Å²) < 4.78 is 50.6. The smallest absolute Gasteiger partial charge is 0.192 e. The van der Waals surface area contributed by atoms with E-state index in [2.05, 4.69) is 40.8 Å². The number of rotatable bonds is 39. The van der Waals surface area contributed by atoms with Gasteiger partial charge >= 0.3 is 0 Å². The Bertz CT molecular complexity index is 605. The van der Waals surface area contributed by atoms with Gasteiger partial charge in [-0.25, -0.2) is 0 Å². The third-order valence-corrected chi connectivity index (χ3v) is 13.0. The van der Waals surface area contributed by atoms with Crippen LogP contribution in [0.4, 0.5) is 0 Å². The van der Waals surface area contributed by atoms with Crippen molar-refractivity contribution in [2.24, 2.45) is 0 Å². The molecule has 0 saturated carbocycles. The molecule has 47 heavy (non-hydrogen) atoms. The molecule has 0 heterocycles. The number of hydrogen-bond donors (Lipinski definition) is 0. The van der Waals surface area contributed by atoms with E-state index in [0.29, 0.717) is 106 Å². The van der Waals surface area contributed by atoms with Crippen molar-refractivity contribution in [3.05, 3.63) is 0 Å². The van der Waals surface area contributed by atoms with Gasteiger partial charge in [0.2, 0.25) is 0 Å². The quantitative estimate of drug-likeness (QED) is 0.0467. The van der Waals surface area contributed by atoms with E-state index < -0.39 is 8.32 Å². The normalized spacial score (nSPS) is 12.4. The molecule has 0 N–H and O–H groups in total. The average Bonchev–Trinajstić information content (AvgIpc) is 3.03. The maximum absolute atomic E-state index is 6.09. The van der Waals surface area contributed by atoms with Crippen molar-refractivity contribution in [1.29, 1.82) is 0 Å². The summed E-state index contributed by atoms with van der Waals surface area (Å²) in [4.78, 5) is 0. The van der Waals surface area contributed by atoms with Crippen molar-refractivity contribution in [2.75, 3.05) is 112 Å². The molecule has 0 aromatic carbocycles. The monoisotopic (exact) mass is 695 g/mol. The second-order valence-corrected chi connectivity index (χ2v) is 18.6. The zero-order valence-electron chi connectivity index (χ0n) is 31.9. The molecule has 10 heteroatoms. The SMILES string of the molecule is CCCCCCCCCCCCCCCOCCOCCOCCOCCOCCOCCOCCOCCO[Si](C)(C)C(C)(C)C. The van der Waals surface area contributed by atoms with Crippen LogP contribution >= 0.6 is 0 Å². The molecule has 9 nitrogen and oxygen atoms in total. The van der Waals surface area contributed by atoms with Crippen molar-refractivity contribution >= 4 is 8.32 Å². The molecule has 0 radical (unpaired) electrons. The lowest BCUT2D eigenvalue weighted by molar-refractivity contribution is -0.0237. The van der Waals surface area contributed by atoms with Crippen molar-refractivity contribution < 1.29 is 42.3 Å². The molecule has 0 aliphatic heterocycles. The summed E-state index contributed by atoms with van der Waals surface area (Å²) in [6.45, 7) is 23.5. The summed E-state index contributed by atoms with van der Waals surface area (Å²) in [7, 11) is -1.69. The van der Waals surface area contributed by atoms with Crippen LogP contribution in [0.1, 0.15) is 111 Å². The summed E-state index contributed by atoms with van der Waals surface area (Å²) in [5.41, 5.74) is 0. The zero-order chi connectivity index (χ0) is 34.6. The van der Waals surface area contributed by atoms with Gasteiger partial charge in [-0.1, -0.05) is 105 Å². The molecule has 0 aliphatic carbocycles. The second-order valence-electron chi connectivity index (χ2n) is 13.8. The minimum Gasteiger partial charge on any atom is -0.414 e.